The van der Waals surface area contributed by atoms with Crippen LogP contribution in [0.4, 0.5) is 5.69 Å². The van der Waals surface area contributed by atoms with Crippen molar-refractivity contribution in [2.75, 3.05) is 12.4 Å². The van der Waals surface area contributed by atoms with Crippen LogP contribution in [0.25, 0.3) is 0 Å². The van der Waals surface area contributed by atoms with Crippen molar-refractivity contribution in [1.29, 1.82) is 0 Å². The molecule has 110 valence electrons. The van der Waals surface area contributed by atoms with Gasteiger partial charge in [0.05, 0.1) is 12.1 Å². The van der Waals surface area contributed by atoms with E-state index in [9.17, 15) is 4.79 Å². The minimum Gasteiger partial charge on any atom is -0.495 e. The Morgan fingerprint density at radius 3 is 2.75 bits per heavy atom. The van der Waals surface area contributed by atoms with Gasteiger partial charge >= 0.3 is 0 Å². The van der Waals surface area contributed by atoms with Gasteiger partial charge in [0, 0.05) is 11.8 Å². The zero-order valence-corrected chi connectivity index (χ0v) is 12.4. The predicted octanol–water partition coefficient (Wildman–Crippen LogP) is 2.45. The van der Waals surface area contributed by atoms with E-state index in [1.807, 2.05) is 0 Å². The van der Waals surface area contributed by atoms with Crippen LogP contribution in [0.15, 0.2) is 23.4 Å². The molecule has 0 saturated heterocycles. The molecule has 1 atom stereocenters. The van der Waals surface area contributed by atoms with Crippen LogP contribution in [-0.2, 0) is 4.79 Å². The molecule has 1 rings (SSSR count). The second-order valence-corrected chi connectivity index (χ2v) is 4.88. The molecule has 0 spiro atoms. The third kappa shape index (κ3) is 3.14. The minimum atomic E-state index is -1.10. The summed E-state index contributed by atoms with van der Waals surface area (Å²) < 4.78 is 5.08. The maximum atomic E-state index is 12.3. The Bertz CT molecular complexity index is 534. The van der Waals surface area contributed by atoms with Crippen LogP contribution >= 0.6 is 11.6 Å². The molecule has 0 aliphatic rings. The number of carbonyl (C=O) groups excluding carboxylic acids is 1. The van der Waals surface area contributed by atoms with Crippen molar-refractivity contribution in [1.82, 2.24) is 0 Å². The number of methoxy groups -OCH3 is 1. The number of hydrogen-bond acceptors (Lipinski definition) is 4. The van der Waals surface area contributed by atoms with Gasteiger partial charge < -0.3 is 21.0 Å². The molecule has 4 N–H and O–H groups in total. The molecule has 0 saturated carbocycles. The van der Waals surface area contributed by atoms with Gasteiger partial charge in [-0.05, 0) is 25.5 Å². The molecule has 1 amide bonds. The van der Waals surface area contributed by atoms with E-state index in [4.69, 9.17) is 27.3 Å². The second kappa shape index (κ2) is 6.47. The smallest absolute Gasteiger partial charge is 0.238 e. The summed E-state index contributed by atoms with van der Waals surface area (Å²) in [5.41, 5.74) is 5.01. The van der Waals surface area contributed by atoms with E-state index >= 15 is 0 Å². The fraction of sp³-hybridized carbons (Fsp3) is 0.385. The van der Waals surface area contributed by atoms with E-state index in [1.165, 1.54) is 7.11 Å². The Morgan fingerprint density at radius 2 is 2.25 bits per heavy atom. The molecule has 0 fully saturated rings. The molecule has 6 nitrogen and oxygen atoms in total. The lowest BCUT2D eigenvalue weighted by molar-refractivity contribution is -0.121. The summed E-state index contributed by atoms with van der Waals surface area (Å²) in [4.78, 5) is 12.3. The van der Waals surface area contributed by atoms with Gasteiger partial charge in [-0.2, -0.15) is 0 Å². The van der Waals surface area contributed by atoms with Crippen LogP contribution in [0.2, 0.25) is 5.02 Å². The van der Waals surface area contributed by atoms with E-state index < -0.39 is 5.41 Å². The van der Waals surface area contributed by atoms with E-state index in [2.05, 4.69) is 10.5 Å². The van der Waals surface area contributed by atoms with Crippen LogP contribution in [0.1, 0.15) is 20.3 Å². The molecule has 0 aliphatic carbocycles. The van der Waals surface area contributed by atoms with Crippen LogP contribution < -0.4 is 15.8 Å². The summed E-state index contributed by atoms with van der Waals surface area (Å²) in [6, 6.07) is 4.86. The normalized spacial score (nSPS) is 14.5. The maximum Gasteiger partial charge on any atom is 0.238 e. The third-order valence-corrected chi connectivity index (χ3v) is 3.60. The number of amidine groups is 1. The van der Waals surface area contributed by atoms with Gasteiger partial charge in [0.25, 0.3) is 0 Å². The summed E-state index contributed by atoms with van der Waals surface area (Å²) in [5, 5.41) is 14.9. The molecule has 1 aromatic carbocycles. The molecular weight excluding hydrogens is 282 g/mol. The number of benzene rings is 1. The molecule has 1 aromatic rings. The Balaban J connectivity index is 3.00. The highest BCUT2D eigenvalue weighted by Crippen LogP contribution is 2.29. The fourth-order valence-corrected chi connectivity index (χ4v) is 1.77. The first-order chi connectivity index (χ1) is 9.38. The number of nitrogens with one attached hydrogen (secondary N) is 1. The van der Waals surface area contributed by atoms with Gasteiger partial charge in [-0.1, -0.05) is 23.7 Å². The number of hydrogen-bond donors (Lipinski definition) is 3. The van der Waals surface area contributed by atoms with Gasteiger partial charge in [0.1, 0.15) is 11.2 Å². The van der Waals surface area contributed by atoms with Crippen molar-refractivity contribution in [2.45, 2.75) is 20.3 Å². The van der Waals surface area contributed by atoms with Crippen LogP contribution in [0.3, 0.4) is 0 Å². The zero-order valence-electron chi connectivity index (χ0n) is 11.6. The summed E-state index contributed by atoms with van der Waals surface area (Å²) in [7, 11) is 1.49. The number of anilines is 1. The Labute approximate surface area is 122 Å². The van der Waals surface area contributed by atoms with Crippen molar-refractivity contribution < 1.29 is 14.7 Å². The first kappa shape index (κ1) is 16.1. The first-order valence-corrected chi connectivity index (χ1v) is 6.39. The minimum absolute atomic E-state index is 0.140. The molecule has 1 unspecified atom stereocenters. The summed E-state index contributed by atoms with van der Waals surface area (Å²) in [6.07, 6.45) is 0.388. The molecule has 0 radical (unpaired) electrons. The summed E-state index contributed by atoms with van der Waals surface area (Å²) >= 11 is 5.91. The third-order valence-electron chi connectivity index (χ3n) is 3.29. The fourth-order valence-electron chi connectivity index (χ4n) is 1.57. The number of carbonyl (C=O) groups is 1. The van der Waals surface area contributed by atoms with Crippen molar-refractivity contribution in [3.63, 3.8) is 0 Å². The highest BCUT2D eigenvalue weighted by Gasteiger charge is 2.36. The number of ether oxygens (including phenoxy) is 1. The summed E-state index contributed by atoms with van der Waals surface area (Å²) in [6.45, 7) is 3.38. The monoisotopic (exact) mass is 299 g/mol. The Morgan fingerprint density at radius 1 is 1.60 bits per heavy atom. The standard InChI is InChI=1S/C13H18ClN3O3/c1-4-13(2,11(15)17-19)12(18)16-8-5-6-9(14)10(7-8)20-3/h5-7,19H,4H2,1-3H3,(H2,15,17)(H,16,18). The molecule has 7 heteroatoms. The number of rotatable bonds is 5. The Hall–Kier alpha value is -1.95. The van der Waals surface area contributed by atoms with Crippen molar-refractivity contribution in [2.24, 2.45) is 16.3 Å². The van der Waals surface area contributed by atoms with Crippen LogP contribution in [-0.4, -0.2) is 24.1 Å². The SMILES string of the molecule is CCC(C)(C(=O)Nc1ccc(Cl)c(OC)c1)/C(N)=N/O. The average Bonchev–Trinajstić information content (AvgIpc) is 2.47. The molecule has 0 aliphatic heterocycles. The van der Waals surface area contributed by atoms with Crippen LogP contribution in [0, 0.1) is 5.41 Å². The highest BCUT2D eigenvalue weighted by atomic mass is 35.5. The lowest BCUT2D eigenvalue weighted by Crippen LogP contribution is -2.44. The first-order valence-electron chi connectivity index (χ1n) is 6.02. The van der Waals surface area contributed by atoms with Gasteiger partial charge in [0.15, 0.2) is 5.84 Å². The number of amides is 1. The van der Waals surface area contributed by atoms with E-state index in [0.717, 1.165) is 0 Å². The topological polar surface area (TPSA) is 96.9 Å². The molecule has 20 heavy (non-hydrogen) atoms. The number of nitrogens with zero attached hydrogens (tertiary/aromatic N) is 1. The van der Waals surface area contributed by atoms with Crippen molar-refractivity contribution in [3.05, 3.63) is 23.2 Å². The van der Waals surface area contributed by atoms with Gasteiger partial charge in [0.2, 0.25) is 5.91 Å². The van der Waals surface area contributed by atoms with Gasteiger partial charge in [-0.25, -0.2) is 0 Å². The predicted molar refractivity (Wildman–Crippen MR) is 78.4 cm³/mol. The zero-order chi connectivity index (χ0) is 15.3. The second-order valence-electron chi connectivity index (χ2n) is 4.47. The van der Waals surface area contributed by atoms with Crippen LogP contribution in [0.5, 0.6) is 5.75 Å². The largest absolute Gasteiger partial charge is 0.495 e. The average molecular weight is 300 g/mol. The molecule has 0 aromatic heterocycles. The quantitative estimate of drug-likeness (QED) is 0.337. The summed E-state index contributed by atoms with van der Waals surface area (Å²) in [5.74, 6) is -0.0652. The van der Waals surface area contributed by atoms with E-state index in [1.54, 1.807) is 32.0 Å². The van der Waals surface area contributed by atoms with Crippen molar-refractivity contribution >= 4 is 29.0 Å². The number of nitrogens with two attached hydrogens (primary N) is 1. The lowest BCUT2D eigenvalue weighted by atomic mass is 9.85. The van der Waals surface area contributed by atoms with Gasteiger partial charge in [-0.3, -0.25) is 4.79 Å². The number of oxime groups is 1. The van der Waals surface area contributed by atoms with E-state index in [0.29, 0.717) is 22.9 Å². The Kier molecular flexibility index (Phi) is 5.21. The highest BCUT2D eigenvalue weighted by molar-refractivity contribution is 6.32. The molecular formula is C13H18ClN3O3. The lowest BCUT2D eigenvalue weighted by Gasteiger charge is -2.25. The molecule has 0 bridgehead atoms. The van der Waals surface area contributed by atoms with Crippen molar-refractivity contribution in [3.8, 4) is 5.75 Å². The van der Waals surface area contributed by atoms with E-state index in [-0.39, 0.29) is 11.7 Å². The number of halogens is 1. The van der Waals surface area contributed by atoms with Gasteiger partial charge in [-0.15, -0.1) is 0 Å². The molecule has 0 heterocycles. The maximum absolute atomic E-state index is 12.3.